The van der Waals surface area contributed by atoms with Crippen molar-refractivity contribution in [2.24, 2.45) is 5.92 Å². The van der Waals surface area contributed by atoms with E-state index in [-0.39, 0.29) is 11.8 Å². The highest BCUT2D eigenvalue weighted by atomic mass is 32.1. The molecule has 1 saturated carbocycles. The van der Waals surface area contributed by atoms with Crippen LogP contribution in [0.4, 0.5) is 5.13 Å². The van der Waals surface area contributed by atoms with Gasteiger partial charge in [-0.2, -0.15) is 5.26 Å². The second-order valence-corrected chi connectivity index (χ2v) is 6.50. The van der Waals surface area contributed by atoms with Crippen LogP contribution in [0.5, 0.6) is 0 Å². The molecule has 1 aromatic heterocycles. The van der Waals surface area contributed by atoms with Gasteiger partial charge in [-0.3, -0.25) is 4.79 Å². The highest BCUT2D eigenvalue weighted by Gasteiger charge is 2.22. The maximum atomic E-state index is 12.3. The standard InChI is InChI=1S/C17H17N3OS/c18-11-14-15(12-7-3-1-4-8-12)19-17(22-14)20-16(21)13-9-5-2-6-10-13/h1,3-4,7-8,13H,2,5-6,9-10H2,(H,19,20,21). The lowest BCUT2D eigenvalue weighted by Crippen LogP contribution is -2.24. The van der Waals surface area contributed by atoms with E-state index in [0.29, 0.717) is 15.7 Å². The molecule has 1 aliphatic carbocycles. The molecular weight excluding hydrogens is 294 g/mol. The number of rotatable bonds is 3. The summed E-state index contributed by atoms with van der Waals surface area (Å²) >= 11 is 1.24. The number of hydrogen-bond acceptors (Lipinski definition) is 4. The van der Waals surface area contributed by atoms with Crippen molar-refractivity contribution in [3.05, 3.63) is 35.2 Å². The van der Waals surface area contributed by atoms with Gasteiger partial charge < -0.3 is 5.32 Å². The molecule has 0 aliphatic heterocycles. The quantitative estimate of drug-likeness (QED) is 0.923. The van der Waals surface area contributed by atoms with Gasteiger partial charge in [0.15, 0.2) is 5.13 Å². The third-order valence-electron chi connectivity index (χ3n) is 3.98. The fourth-order valence-corrected chi connectivity index (χ4v) is 3.60. The van der Waals surface area contributed by atoms with Crippen LogP contribution < -0.4 is 5.32 Å². The van der Waals surface area contributed by atoms with E-state index in [1.807, 2.05) is 30.3 Å². The average molecular weight is 311 g/mol. The van der Waals surface area contributed by atoms with Crippen LogP contribution in [-0.2, 0) is 4.79 Å². The predicted octanol–water partition coefficient (Wildman–Crippen LogP) is 4.20. The van der Waals surface area contributed by atoms with Crippen LogP contribution in [0.1, 0.15) is 37.0 Å². The molecule has 112 valence electrons. The van der Waals surface area contributed by atoms with Gasteiger partial charge in [0.25, 0.3) is 0 Å². The van der Waals surface area contributed by atoms with Crippen molar-refractivity contribution in [1.82, 2.24) is 4.98 Å². The lowest BCUT2D eigenvalue weighted by atomic mass is 9.89. The Morgan fingerprint density at radius 1 is 1.23 bits per heavy atom. The molecule has 0 spiro atoms. The third-order valence-corrected chi connectivity index (χ3v) is 4.86. The Balaban J connectivity index is 1.79. The molecule has 1 N–H and O–H groups in total. The Labute approximate surface area is 133 Å². The molecule has 1 aliphatic rings. The Morgan fingerprint density at radius 3 is 2.64 bits per heavy atom. The Hall–Kier alpha value is -2.19. The summed E-state index contributed by atoms with van der Waals surface area (Å²) in [5, 5.41) is 12.7. The Morgan fingerprint density at radius 2 is 1.95 bits per heavy atom. The fraction of sp³-hybridized carbons (Fsp3) is 0.353. The van der Waals surface area contributed by atoms with Crippen LogP contribution in [0.3, 0.4) is 0 Å². The van der Waals surface area contributed by atoms with Crippen LogP contribution in [0.25, 0.3) is 11.3 Å². The number of nitriles is 1. The van der Waals surface area contributed by atoms with Crippen LogP contribution in [-0.4, -0.2) is 10.9 Å². The molecule has 1 amide bonds. The van der Waals surface area contributed by atoms with Gasteiger partial charge in [-0.25, -0.2) is 4.98 Å². The van der Waals surface area contributed by atoms with Crippen molar-refractivity contribution in [3.63, 3.8) is 0 Å². The molecule has 22 heavy (non-hydrogen) atoms. The number of nitrogens with one attached hydrogen (secondary N) is 1. The van der Waals surface area contributed by atoms with Crippen molar-refractivity contribution in [2.75, 3.05) is 5.32 Å². The van der Waals surface area contributed by atoms with Gasteiger partial charge >= 0.3 is 0 Å². The number of amides is 1. The number of thiazole rings is 1. The van der Waals surface area contributed by atoms with Crippen molar-refractivity contribution < 1.29 is 4.79 Å². The second-order valence-electron chi connectivity index (χ2n) is 5.50. The molecule has 0 atom stereocenters. The molecule has 0 saturated heterocycles. The zero-order valence-corrected chi connectivity index (χ0v) is 13.0. The van der Waals surface area contributed by atoms with E-state index in [2.05, 4.69) is 16.4 Å². The molecule has 1 heterocycles. The first-order chi connectivity index (χ1) is 10.8. The van der Waals surface area contributed by atoms with E-state index in [1.54, 1.807) is 0 Å². The van der Waals surface area contributed by atoms with Gasteiger partial charge in [-0.1, -0.05) is 60.9 Å². The average Bonchev–Trinajstić information content (AvgIpc) is 2.99. The third kappa shape index (κ3) is 3.18. The molecular formula is C17H17N3OS. The van der Waals surface area contributed by atoms with Crippen LogP contribution in [0, 0.1) is 17.2 Å². The van der Waals surface area contributed by atoms with Gasteiger partial charge in [-0.15, -0.1) is 0 Å². The monoisotopic (exact) mass is 311 g/mol. The predicted molar refractivity (Wildman–Crippen MR) is 87.5 cm³/mol. The minimum Gasteiger partial charge on any atom is -0.302 e. The molecule has 2 aromatic rings. The molecule has 0 radical (unpaired) electrons. The highest BCUT2D eigenvalue weighted by molar-refractivity contribution is 7.16. The number of carbonyl (C=O) groups is 1. The lowest BCUT2D eigenvalue weighted by molar-refractivity contribution is -0.120. The van der Waals surface area contributed by atoms with Gasteiger partial charge in [0.2, 0.25) is 5.91 Å². The molecule has 3 rings (SSSR count). The summed E-state index contributed by atoms with van der Waals surface area (Å²) in [5.74, 6) is 0.126. The largest absolute Gasteiger partial charge is 0.302 e. The molecule has 1 aromatic carbocycles. The number of benzene rings is 1. The number of carbonyl (C=O) groups excluding carboxylic acids is 1. The first-order valence-corrected chi connectivity index (χ1v) is 8.37. The number of nitrogens with zero attached hydrogens (tertiary/aromatic N) is 2. The normalized spacial score (nSPS) is 15.2. The summed E-state index contributed by atoms with van der Waals surface area (Å²) in [4.78, 5) is 17.3. The van der Waals surface area contributed by atoms with Crippen molar-refractivity contribution in [3.8, 4) is 17.3 Å². The van der Waals surface area contributed by atoms with Crippen molar-refractivity contribution in [1.29, 1.82) is 5.26 Å². The zero-order valence-electron chi connectivity index (χ0n) is 12.2. The van der Waals surface area contributed by atoms with E-state index in [9.17, 15) is 10.1 Å². The number of hydrogen-bond donors (Lipinski definition) is 1. The summed E-state index contributed by atoms with van der Waals surface area (Å²) < 4.78 is 0. The van der Waals surface area contributed by atoms with E-state index in [0.717, 1.165) is 31.2 Å². The van der Waals surface area contributed by atoms with E-state index < -0.39 is 0 Å². The second kappa shape index (κ2) is 6.71. The molecule has 4 nitrogen and oxygen atoms in total. The zero-order chi connectivity index (χ0) is 15.4. The summed E-state index contributed by atoms with van der Waals surface area (Å²) in [6.07, 6.45) is 5.36. The van der Waals surface area contributed by atoms with E-state index in [1.165, 1.54) is 17.8 Å². The molecule has 1 fully saturated rings. The van der Waals surface area contributed by atoms with Crippen LogP contribution in [0.15, 0.2) is 30.3 Å². The topological polar surface area (TPSA) is 65.8 Å². The van der Waals surface area contributed by atoms with Gasteiger partial charge in [-0.05, 0) is 12.8 Å². The molecule has 0 bridgehead atoms. The number of aromatic nitrogens is 1. The summed E-state index contributed by atoms with van der Waals surface area (Å²) in [6.45, 7) is 0. The van der Waals surface area contributed by atoms with Gasteiger partial charge in [0.1, 0.15) is 16.6 Å². The lowest BCUT2D eigenvalue weighted by Gasteiger charge is -2.19. The SMILES string of the molecule is N#Cc1sc(NC(=O)C2CCCCC2)nc1-c1ccccc1. The Kier molecular flexibility index (Phi) is 4.50. The van der Waals surface area contributed by atoms with Gasteiger partial charge in [0.05, 0.1) is 0 Å². The minimum absolute atomic E-state index is 0.0394. The maximum Gasteiger partial charge on any atom is 0.229 e. The number of anilines is 1. The van der Waals surface area contributed by atoms with Crippen LogP contribution in [0.2, 0.25) is 0 Å². The highest BCUT2D eigenvalue weighted by Crippen LogP contribution is 2.31. The van der Waals surface area contributed by atoms with Gasteiger partial charge in [0, 0.05) is 11.5 Å². The Bertz CT molecular complexity index is 696. The maximum absolute atomic E-state index is 12.3. The summed E-state index contributed by atoms with van der Waals surface area (Å²) in [5.41, 5.74) is 1.54. The molecule has 5 heteroatoms. The summed E-state index contributed by atoms with van der Waals surface area (Å²) in [7, 11) is 0. The van der Waals surface area contributed by atoms with E-state index in [4.69, 9.17) is 0 Å². The van der Waals surface area contributed by atoms with E-state index >= 15 is 0 Å². The summed E-state index contributed by atoms with van der Waals surface area (Å²) in [6, 6.07) is 11.8. The minimum atomic E-state index is 0.0394. The molecule has 0 unspecified atom stereocenters. The fourth-order valence-electron chi connectivity index (χ4n) is 2.81. The van der Waals surface area contributed by atoms with Crippen molar-refractivity contribution >= 4 is 22.4 Å². The smallest absolute Gasteiger partial charge is 0.229 e. The first kappa shape index (κ1) is 14.7. The first-order valence-electron chi connectivity index (χ1n) is 7.55. The van der Waals surface area contributed by atoms with Crippen molar-refractivity contribution in [2.45, 2.75) is 32.1 Å². The van der Waals surface area contributed by atoms with Crippen LogP contribution >= 0.6 is 11.3 Å².